The molecule has 0 N–H and O–H groups in total. The van der Waals surface area contributed by atoms with Crippen LogP contribution in [0.15, 0.2) is 53.2 Å². The van der Waals surface area contributed by atoms with Gasteiger partial charge >= 0.3 is 0 Å². The number of rotatable bonds is 8. The lowest BCUT2D eigenvalue weighted by Crippen LogP contribution is -2.48. The highest BCUT2D eigenvalue weighted by molar-refractivity contribution is 7.12. The van der Waals surface area contributed by atoms with Gasteiger partial charge in [0, 0.05) is 17.5 Å². The van der Waals surface area contributed by atoms with Crippen molar-refractivity contribution in [1.82, 2.24) is 9.80 Å². The minimum absolute atomic E-state index is 0.0303. The van der Waals surface area contributed by atoms with Gasteiger partial charge in [0.2, 0.25) is 5.91 Å². The van der Waals surface area contributed by atoms with Crippen molar-refractivity contribution in [3.63, 3.8) is 0 Å². The van der Waals surface area contributed by atoms with Crippen LogP contribution in [0.25, 0.3) is 0 Å². The molecule has 0 saturated heterocycles. The first kappa shape index (κ1) is 22.0. The summed E-state index contributed by atoms with van der Waals surface area (Å²) in [5, 5.41) is 3.97. The number of carbonyl (C=O) groups is 2. The third-order valence-electron chi connectivity index (χ3n) is 6.17. The van der Waals surface area contributed by atoms with E-state index in [1.807, 2.05) is 46.7 Å². The molecule has 2 amide bonds. The van der Waals surface area contributed by atoms with E-state index in [1.54, 1.807) is 23.3 Å². The van der Waals surface area contributed by atoms with Crippen LogP contribution in [0.5, 0.6) is 11.5 Å². The summed E-state index contributed by atoms with van der Waals surface area (Å²) in [6, 6.07) is 13.3. The number of nitrogens with zero attached hydrogens (tertiary/aromatic N) is 2. The van der Waals surface area contributed by atoms with Gasteiger partial charge in [-0.1, -0.05) is 18.2 Å². The van der Waals surface area contributed by atoms with Gasteiger partial charge in [0.1, 0.15) is 13.2 Å². The molecule has 0 radical (unpaired) electrons. The van der Waals surface area contributed by atoms with Gasteiger partial charge < -0.3 is 19.3 Å². The van der Waals surface area contributed by atoms with Gasteiger partial charge in [-0.2, -0.15) is 0 Å². The monoisotopic (exact) mass is 482 g/mol. The van der Waals surface area contributed by atoms with Gasteiger partial charge in [0.25, 0.3) is 5.91 Å². The predicted octanol–water partition coefficient (Wildman–Crippen LogP) is 4.63. The van der Waals surface area contributed by atoms with Crippen LogP contribution in [0.4, 0.5) is 0 Å². The van der Waals surface area contributed by atoms with Crippen molar-refractivity contribution >= 4 is 34.5 Å². The molecule has 33 heavy (non-hydrogen) atoms. The number of para-hydroxylation sites is 2. The molecule has 5 rings (SSSR count). The van der Waals surface area contributed by atoms with E-state index in [9.17, 15) is 9.59 Å². The summed E-state index contributed by atoms with van der Waals surface area (Å²) in [4.78, 5) is 32.2. The van der Waals surface area contributed by atoms with Crippen molar-refractivity contribution in [3.05, 3.63) is 68.5 Å². The van der Waals surface area contributed by atoms with Crippen LogP contribution >= 0.6 is 22.7 Å². The summed E-state index contributed by atoms with van der Waals surface area (Å²) >= 11 is 3.15. The van der Waals surface area contributed by atoms with Gasteiger partial charge in [-0.3, -0.25) is 9.59 Å². The highest BCUT2D eigenvalue weighted by Crippen LogP contribution is 2.36. The van der Waals surface area contributed by atoms with Crippen LogP contribution in [0, 0.1) is 0 Å². The fraction of sp³-hybridized carbons (Fsp3) is 0.360. The lowest BCUT2D eigenvalue weighted by molar-refractivity contribution is -0.135. The average Bonchev–Trinajstić information content (AvgIpc) is 3.32. The van der Waals surface area contributed by atoms with Gasteiger partial charge in [-0.05, 0) is 59.9 Å². The number of methoxy groups -OCH3 is 1. The summed E-state index contributed by atoms with van der Waals surface area (Å²) < 4.78 is 11.6. The van der Waals surface area contributed by atoms with E-state index in [4.69, 9.17) is 9.47 Å². The Hall–Kier alpha value is -2.84. The minimum atomic E-state index is -0.199. The number of fused-ring (bicyclic) bond motifs is 1. The van der Waals surface area contributed by atoms with E-state index >= 15 is 0 Å². The standard InChI is InChI=1S/C25H26N2O4S2/c1-30-20-5-2-3-6-21(20)31-16-19-18-11-14-33-22(18)10-12-26(19)24(28)15-27(17-8-9-17)25(29)23-7-4-13-32-23/h2-7,11,13-14,17,19H,8-10,12,15-16H2,1H3/t19-/m1/s1. The first-order valence-corrected chi connectivity index (χ1v) is 12.9. The number of ether oxygens (including phenoxy) is 2. The quantitative estimate of drug-likeness (QED) is 0.470. The number of benzene rings is 1. The normalized spacial score (nSPS) is 17.4. The molecular formula is C25H26N2O4S2. The Labute approximate surface area is 201 Å². The van der Waals surface area contributed by atoms with E-state index in [0.717, 1.165) is 24.8 Å². The summed E-state index contributed by atoms with van der Waals surface area (Å²) in [5.41, 5.74) is 1.14. The second-order valence-corrected chi connectivity index (χ2v) is 10.2. The molecule has 1 saturated carbocycles. The molecule has 3 heterocycles. The van der Waals surface area contributed by atoms with E-state index in [2.05, 4.69) is 11.4 Å². The maximum absolute atomic E-state index is 13.5. The minimum Gasteiger partial charge on any atom is -0.493 e. The maximum Gasteiger partial charge on any atom is 0.264 e. The zero-order valence-electron chi connectivity index (χ0n) is 18.4. The Morgan fingerprint density at radius 1 is 1.06 bits per heavy atom. The first-order valence-electron chi connectivity index (χ1n) is 11.1. The number of amides is 2. The molecule has 3 aromatic rings. The second-order valence-electron chi connectivity index (χ2n) is 8.26. The fourth-order valence-corrected chi connectivity index (χ4v) is 5.92. The van der Waals surface area contributed by atoms with E-state index in [1.165, 1.54) is 16.2 Å². The molecule has 2 aromatic heterocycles. The molecule has 1 fully saturated rings. The van der Waals surface area contributed by atoms with Crippen LogP contribution < -0.4 is 9.47 Å². The molecule has 2 aliphatic rings. The van der Waals surface area contributed by atoms with Crippen LogP contribution in [0.2, 0.25) is 0 Å². The molecule has 1 aliphatic carbocycles. The smallest absolute Gasteiger partial charge is 0.264 e. The van der Waals surface area contributed by atoms with Crippen LogP contribution in [-0.4, -0.2) is 54.5 Å². The number of hydrogen-bond donors (Lipinski definition) is 0. The maximum atomic E-state index is 13.5. The average molecular weight is 483 g/mol. The zero-order valence-corrected chi connectivity index (χ0v) is 20.1. The van der Waals surface area contributed by atoms with E-state index in [-0.39, 0.29) is 30.4 Å². The molecule has 1 aliphatic heterocycles. The zero-order chi connectivity index (χ0) is 22.8. The Morgan fingerprint density at radius 2 is 1.88 bits per heavy atom. The summed E-state index contributed by atoms with van der Waals surface area (Å²) in [7, 11) is 1.62. The van der Waals surface area contributed by atoms with Gasteiger partial charge in [-0.15, -0.1) is 22.7 Å². The van der Waals surface area contributed by atoms with Crippen molar-refractivity contribution in [1.29, 1.82) is 0 Å². The molecule has 0 bridgehead atoms. The van der Waals surface area contributed by atoms with Crippen molar-refractivity contribution in [3.8, 4) is 11.5 Å². The van der Waals surface area contributed by atoms with Crippen LogP contribution in [0.1, 0.15) is 39.0 Å². The number of thiophene rings is 2. The van der Waals surface area contributed by atoms with E-state index in [0.29, 0.717) is 29.5 Å². The molecular weight excluding hydrogens is 456 g/mol. The third kappa shape index (κ3) is 4.63. The topological polar surface area (TPSA) is 59.1 Å². The second kappa shape index (κ2) is 9.57. The molecule has 6 nitrogen and oxygen atoms in total. The van der Waals surface area contributed by atoms with Crippen molar-refractivity contribution in [2.75, 3.05) is 26.8 Å². The molecule has 1 atom stereocenters. The summed E-state index contributed by atoms with van der Waals surface area (Å²) in [6.07, 6.45) is 2.74. The Kier molecular flexibility index (Phi) is 6.37. The molecule has 8 heteroatoms. The lowest BCUT2D eigenvalue weighted by Gasteiger charge is -2.37. The largest absolute Gasteiger partial charge is 0.493 e. The van der Waals surface area contributed by atoms with Crippen LogP contribution in [0.3, 0.4) is 0 Å². The number of hydrogen-bond acceptors (Lipinski definition) is 6. The van der Waals surface area contributed by atoms with Crippen molar-refractivity contribution < 1.29 is 19.1 Å². The van der Waals surface area contributed by atoms with Gasteiger partial charge in [0.05, 0.1) is 18.0 Å². The Balaban J connectivity index is 1.35. The summed E-state index contributed by atoms with van der Waals surface area (Å²) in [6.45, 7) is 1.06. The summed E-state index contributed by atoms with van der Waals surface area (Å²) in [5.74, 6) is 1.24. The lowest BCUT2D eigenvalue weighted by atomic mass is 10.0. The van der Waals surface area contributed by atoms with Gasteiger partial charge in [0.15, 0.2) is 11.5 Å². The highest BCUT2D eigenvalue weighted by Gasteiger charge is 2.38. The SMILES string of the molecule is COc1ccccc1OC[C@@H]1c2ccsc2CCN1C(=O)CN(C(=O)c1cccs1)C1CC1. The Bertz CT molecular complexity index is 1120. The Morgan fingerprint density at radius 3 is 2.61 bits per heavy atom. The fourth-order valence-electron chi connectivity index (χ4n) is 4.31. The molecule has 1 aromatic carbocycles. The molecule has 0 spiro atoms. The van der Waals surface area contributed by atoms with E-state index < -0.39 is 0 Å². The molecule has 0 unspecified atom stereocenters. The third-order valence-corrected chi connectivity index (χ3v) is 8.02. The van der Waals surface area contributed by atoms with Gasteiger partial charge in [-0.25, -0.2) is 0 Å². The first-order chi connectivity index (χ1) is 16.2. The number of carbonyl (C=O) groups excluding carboxylic acids is 2. The predicted molar refractivity (Wildman–Crippen MR) is 129 cm³/mol. The highest BCUT2D eigenvalue weighted by atomic mass is 32.1. The van der Waals surface area contributed by atoms with Crippen molar-refractivity contribution in [2.45, 2.75) is 31.3 Å². The van der Waals surface area contributed by atoms with Crippen molar-refractivity contribution in [2.24, 2.45) is 0 Å². The molecule has 172 valence electrons. The van der Waals surface area contributed by atoms with Crippen LogP contribution in [-0.2, 0) is 11.2 Å².